The molecule has 0 bridgehead atoms. The highest BCUT2D eigenvalue weighted by Gasteiger charge is 2.25. The summed E-state index contributed by atoms with van der Waals surface area (Å²) >= 11 is 0. The van der Waals surface area contributed by atoms with E-state index in [4.69, 9.17) is 9.47 Å². The summed E-state index contributed by atoms with van der Waals surface area (Å²) in [6, 6.07) is 3.18. The summed E-state index contributed by atoms with van der Waals surface area (Å²) in [6.07, 6.45) is -1.79. The first-order chi connectivity index (χ1) is 8.63. The van der Waals surface area contributed by atoms with Crippen LogP contribution in [-0.4, -0.2) is 25.8 Å². The third-order valence-corrected chi connectivity index (χ3v) is 2.70. The van der Waals surface area contributed by atoms with Crippen LogP contribution < -0.4 is 9.47 Å². The van der Waals surface area contributed by atoms with Gasteiger partial charge in [0, 0.05) is 5.56 Å². The average Bonchev–Trinajstić information content (AvgIpc) is 2.37. The number of aryl methyl sites for hydroxylation is 1. The van der Waals surface area contributed by atoms with Gasteiger partial charge in [-0.15, -0.1) is 0 Å². The Bertz CT molecular complexity index is 459. The topological polar surface area (TPSA) is 44.8 Å². The molecule has 4 nitrogen and oxygen atoms in total. The Labute approximate surface area is 105 Å². The van der Waals surface area contributed by atoms with Crippen LogP contribution in [0.5, 0.6) is 11.5 Å². The Morgan fingerprint density at radius 3 is 2.61 bits per heavy atom. The molecule has 0 aromatic heterocycles. The van der Waals surface area contributed by atoms with E-state index in [-0.39, 0.29) is 12.2 Å². The Kier molecular flexibility index (Phi) is 3.69. The SMILES string of the molecule is CCOC(=O)C(F)c1cc2c(cc1C)OCCO2. The van der Waals surface area contributed by atoms with Crippen molar-refractivity contribution in [3.8, 4) is 11.5 Å². The predicted octanol–water partition coefficient (Wildman–Crippen LogP) is 2.34. The van der Waals surface area contributed by atoms with Crippen LogP contribution in [0.2, 0.25) is 0 Å². The van der Waals surface area contributed by atoms with Crippen LogP contribution in [0.1, 0.15) is 24.2 Å². The number of carbonyl (C=O) groups is 1. The van der Waals surface area contributed by atoms with Crippen LogP contribution in [0.25, 0.3) is 0 Å². The van der Waals surface area contributed by atoms with Crippen molar-refractivity contribution in [1.29, 1.82) is 0 Å². The molecule has 1 atom stereocenters. The van der Waals surface area contributed by atoms with Crippen LogP contribution in [0, 0.1) is 6.92 Å². The maximum absolute atomic E-state index is 14.0. The van der Waals surface area contributed by atoms with Crippen LogP contribution in [-0.2, 0) is 9.53 Å². The Morgan fingerprint density at radius 2 is 2.00 bits per heavy atom. The van der Waals surface area contributed by atoms with E-state index in [2.05, 4.69) is 4.74 Å². The lowest BCUT2D eigenvalue weighted by atomic mass is 10.0. The van der Waals surface area contributed by atoms with E-state index in [1.165, 1.54) is 6.07 Å². The van der Waals surface area contributed by atoms with Crippen molar-refractivity contribution in [2.45, 2.75) is 20.0 Å². The van der Waals surface area contributed by atoms with Crippen molar-refractivity contribution in [1.82, 2.24) is 0 Å². The monoisotopic (exact) mass is 254 g/mol. The fourth-order valence-electron chi connectivity index (χ4n) is 1.82. The minimum atomic E-state index is -1.79. The molecule has 1 aromatic carbocycles. The van der Waals surface area contributed by atoms with Crippen molar-refractivity contribution in [3.63, 3.8) is 0 Å². The maximum Gasteiger partial charge on any atom is 0.345 e. The lowest BCUT2D eigenvalue weighted by Crippen LogP contribution is -2.17. The van der Waals surface area contributed by atoms with E-state index in [1.54, 1.807) is 19.9 Å². The van der Waals surface area contributed by atoms with E-state index >= 15 is 0 Å². The molecular formula is C13H15FO4. The van der Waals surface area contributed by atoms with E-state index < -0.39 is 12.1 Å². The van der Waals surface area contributed by atoms with Gasteiger partial charge in [0.15, 0.2) is 11.5 Å². The molecule has 0 saturated carbocycles. The van der Waals surface area contributed by atoms with Crippen molar-refractivity contribution >= 4 is 5.97 Å². The predicted molar refractivity (Wildman–Crippen MR) is 62.7 cm³/mol. The molecule has 1 aliphatic heterocycles. The van der Waals surface area contributed by atoms with Gasteiger partial charge in [-0.1, -0.05) is 0 Å². The van der Waals surface area contributed by atoms with Crippen molar-refractivity contribution in [3.05, 3.63) is 23.3 Å². The number of fused-ring (bicyclic) bond motifs is 1. The van der Waals surface area contributed by atoms with Gasteiger partial charge in [-0.25, -0.2) is 9.18 Å². The Balaban J connectivity index is 2.30. The van der Waals surface area contributed by atoms with Gasteiger partial charge in [-0.3, -0.25) is 0 Å². The fourth-order valence-corrected chi connectivity index (χ4v) is 1.82. The fraction of sp³-hybridized carbons (Fsp3) is 0.462. The van der Waals surface area contributed by atoms with Crippen LogP contribution in [0.15, 0.2) is 12.1 Å². The van der Waals surface area contributed by atoms with Gasteiger partial charge in [0.2, 0.25) is 6.17 Å². The van der Waals surface area contributed by atoms with Crippen molar-refractivity contribution < 1.29 is 23.4 Å². The lowest BCUT2D eigenvalue weighted by Gasteiger charge is -2.21. The van der Waals surface area contributed by atoms with E-state index in [0.717, 1.165) is 0 Å². The van der Waals surface area contributed by atoms with Gasteiger partial charge in [0.05, 0.1) is 6.61 Å². The Morgan fingerprint density at radius 1 is 1.39 bits per heavy atom. The first kappa shape index (κ1) is 12.7. The zero-order valence-electron chi connectivity index (χ0n) is 10.4. The molecule has 0 radical (unpaired) electrons. The highest BCUT2D eigenvalue weighted by Crippen LogP contribution is 2.36. The summed E-state index contributed by atoms with van der Waals surface area (Å²) in [5, 5.41) is 0. The summed E-state index contributed by atoms with van der Waals surface area (Å²) in [5.74, 6) is 0.171. The number of carbonyl (C=O) groups excluding carboxylic acids is 1. The first-order valence-corrected chi connectivity index (χ1v) is 5.84. The van der Waals surface area contributed by atoms with Gasteiger partial charge in [0.1, 0.15) is 13.2 Å². The van der Waals surface area contributed by atoms with E-state index in [1.807, 2.05) is 0 Å². The molecule has 1 heterocycles. The first-order valence-electron chi connectivity index (χ1n) is 5.84. The number of benzene rings is 1. The van der Waals surface area contributed by atoms with Crippen LogP contribution >= 0.6 is 0 Å². The standard InChI is InChI=1S/C13H15FO4/c1-3-16-13(15)12(14)9-7-11-10(6-8(9)2)17-4-5-18-11/h6-7,12H,3-5H2,1-2H3. The molecule has 0 saturated heterocycles. The highest BCUT2D eigenvalue weighted by molar-refractivity contribution is 5.77. The normalized spacial score (nSPS) is 15.1. The molecule has 0 fully saturated rings. The smallest absolute Gasteiger partial charge is 0.345 e. The van der Waals surface area contributed by atoms with Gasteiger partial charge < -0.3 is 14.2 Å². The van der Waals surface area contributed by atoms with Gasteiger partial charge >= 0.3 is 5.97 Å². The molecule has 0 aliphatic carbocycles. The third-order valence-electron chi connectivity index (χ3n) is 2.70. The molecule has 5 heteroatoms. The summed E-state index contributed by atoms with van der Waals surface area (Å²) in [6.45, 7) is 4.41. The van der Waals surface area contributed by atoms with E-state index in [9.17, 15) is 9.18 Å². The minimum absolute atomic E-state index is 0.156. The molecule has 2 rings (SSSR count). The number of esters is 1. The molecule has 1 aliphatic rings. The minimum Gasteiger partial charge on any atom is -0.486 e. The summed E-state index contributed by atoms with van der Waals surface area (Å²) < 4.78 is 29.4. The quantitative estimate of drug-likeness (QED) is 0.777. The molecule has 0 amide bonds. The second-order valence-electron chi connectivity index (χ2n) is 3.97. The zero-order valence-corrected chi connectivity index (χ0v) is 10.4. The van der Waals surface area contributed by atoms with Gasteiger partial charge in [0.25, 0.3) is 0 Å². The summed E-state index contributed by atoms with van der Waals surface area (Å²) in [5.41, 5.74) is 0.900. The molecule has 18 heavy (non-hydrogen) atoms. The maximum atomic E-state index is 14.0. The number of ether oxygens (including phenoxy) is 3. The number of halogens is 1. The molecule has 98 valence electrons. The highest BCUT2D eigenvalue weighted by atomic mass is 19.1. The zero-order chi connectivity index (χ0) is 13.1. The molecule has 1 unspecified atom stereocenters. The van der Waals surface area contributed by atoms with Crippen molar-refractivity contribution in [2.75, 3.05) is 19.8 Å². The Hall–Kier alpha value is -1.78. The number of hydrogen-bond acceptors (Lipinski definition) is 4. The average molecular weight is 254 g/mol. The number of rotatable bonds is 3. The molecule has 0 N–H and O–H groups in total. The molecule has 0 spiro atoms. The third kappa shape index (κ3) is 2.39. The largest absolute Gasteiger partial charge is 0.486 e. The second-order valence-corrected chi connectivity index (χ2v) is 3.97. The van der Waals surface area contributed by atoms with Crippen LogP contribution in [0.3, 0.4) is 0 Å². The molecular weight excluding hydrogens is 239 g/mol. The number of alkyl halides is 1. The number of hydrogen-bond donors (Lipinski definition) is 0. The summed E-state index contributed by atoms with van der Waals surface area (Å²) in [7, 11) is 0. The summed E-state index contributed by atoms with van der Waals surface area (Å²) in [4.78, 5) is 11.4. The van der Waals surface area contributed by atoms with Crippen molar-refractivity contribution in [2.24, 2.45) is 0 Å². The van der Waals surface area contributed by atoms with Crippen LogP contribution in [0.4, 0.5) is 4.39 Å². The molecule has 1 aromatic rings. The lowest BCUT2D eigenvalue weighted by molar-refractivity contribution is -0.149. The second kappa shape index (κ2) is 5.25. The van der Waals surface area contributed by atoms with E-state index in [0.29, 0.717) is 30.3 Å². The van der Waals surface area contributed by atoms with Gasteiger partial charge in [-0.2, -0.15) is 0 Å². The van der Waals surface area contributed by atoms with Gasteiger partial charge in [-0.05, 0) is 31.5 Å².